The third-order valence-electron chi connectivity index (χ3n) is 3.98. The van der Waals surface area contributed by atoms with Crippen LogP contribution in [0.1, 0.15) is 58.2 Å². The third kappa shape index (κ3) is 4.38. The topological polar surface area (TPSA) is 44.6 Å². The number of nitrogens with one attached hydrogen (secondary N) is 1. The summed E-state index contributed by atoms with van der Waals surface area (Å²) < 4.78 is 0. The van der Waals surface area contributed by atoms with Crippen LogP contribution in [0.5, 0.6) is 5.75 Å². The Kier molecular flexibility index (Phi) is 5.02. The van der Waals surface area contributed by atoms with Crippen LogP contribution in [-0.4, -0.2) is 11.3 Å². The Morgan fingerprint density at radius 3 is 2.08 bits per heavy atom. The average Bonchev–Trinajstić information content (AvgIpc) is 2.47. The molecular formula is C21H28N2O. The first-order valence-corrected chi connectivity index (χ1v) is 8.31. The highest BCUT2D eigenvalue weighted by atomic mass is 16.3. The van der Waals surface area contributed by atoms with Crippen molar-refractivity contribution in [3.8, 4) is 5.75 Å². The first-order valence-electron chi connectivity index (χ1n) is 8.31. The van der Waals surface area contributed by atoms with E-state index in [4.69, 9.17) is 0 Å². The summed E-state index contributed by atoms with van der Waals surface area (Å²) in [4.78, 5) is 0. The van der Waals surface area contributed by atoms with Gasteiger partial charge in [0.25, 0.3) is 0 Å². The van der Waals surface area contributed by atoms with E-state index in [2.05, 4.69) is 58.1 Å². The van der Waals surface area contributed by atoms with E-state index in [0.29, 0.717) is 5.75 Å². The van der Waals surface area contributed by atoms with Crippen molar-refractivity contribution in [2.24, 2.45) is 5.10 Å². The van der Waals surface area contributed by atoms with Gasteiger partial charge in [-0.2, -0.15) is 5.10 Å². The van der Waals surface area contributed by atoms with Crippen molar-refractivity contribution >= 4 is 11.9 Å². The van der Waals surface area contributed by atoms with Gasteiger partial charge >= 0.3 is 0 Å². The molecule has 0 unspecified atom stereocenters. The number of anilines is 1. The van der Waals surface area contributed by atoms with Gasteiger partial charge in [-0.05, 0) is 34.6 Å². The SMILES string of the molecule is CC(C)(C)c1cc(/C=N/Nc2ccccc2)c(O)c(C(C)(C)C)c1. The summed E-state index contributed by atoms with van der Waals surface area (Å²) in [6, 6.07) is 13.9. The molecule has 128 valence electrons. The van der Waals surface area contributed by atoms with Crippen molar-refractivity contribution in [3.05, 3.63) is 59.2 Å². The molecule has 0 aliphatic rings. The van der Waals surface area contributed by atoms with Crippen LogP contribution >= 0.6 is 0 Å². The second-order valence-corrected chi connectivity index (χ2v) is 8.20. The summed E-state index contributed by atoms with van der Waals surface area (Å²) in [5.74, 6) is 0.300. The van der Waals surface area contributed by atoms with E-state index in [0.717, 1.165) is 16.8 Å². The molecule has 0 aromatic heterocycles. The molecule has 0 saturated carbocycles. The number of rotatable bonds is 3. The Hall–Kier alpha value is -2.29. The van der Waals surface area contributed by atoms with Crippen molar-refractivity contribution in [1.29, 1.82) is 0 Å². The zero-order valence-electron chi connectivity index (χ0n) is 15.5. The van der Waals surface area contributed by atoms with Crippen molar-refractivity contribution in [2.45, 2.75) is 52.4 Å². The van der Waals surface area contributed by atoms with Gasteiger partial charge in [0.2, 0.25) is 0 Å². The first kappa shape index (κ1) is 18.1. The lowest BCUT2D eigenvalue weighted by atomic mass is 9.79. The molecule has 0 aliphatic carbocycles. The number of phenols is 1. The molecule has 3 nitrogen and oxygen atoms in total. The smallest absolute Gasteiger partial charge is 0.128 e. The Balaban J connectivity index is 2.41. The zero-order valence-corrected chi connectivity index (χ0v) is 15.5. The fourth-order valence-corrected chi connectivity index (χ4v) is 2.45. The van der Waals surface area contributed by atoms with E-state index in [9.17, 15) is 5.11 Å². The van der Waals surface area contributed by atoms with Crippen LogP contribution in [0, 0.1) is 0 Å². The molecule has 2 aromatic carbocycles. The fourth-order valence-electron chi connectivity index (χ4n) is 2.45. The molecule has 3 heteroatoms. The number of benzene rings is 2. The van der Waals surface area contributed by atoms with Gasteiger partial charge in [-0.3, -0.25) is 5.43 Å². The number of phenolic OH excluding ortho intramolecular Hbond substituents is 1. The molecular weight excluding hydrogens is 296 g/mol. The van der Waals surface area contributed by atoms with Crippen LogP contribution in [0.3, 0.4) is 0 Å². The van der Waals surface area contributed by atoms with Gasteiger partial charge in [0.1, 0.15) is 5.75 Å². The van der Waals surface area contributed by atoms with E-state index >= 15 is 0 Å². The number of hydrazone groups is 1. The Labute approximate surface area is 145 Å². The molecule has 0 fully saturated rings. The van der Waals surface area contributed by atoms with Gasteiger partial charge in [0.05, 0.1) is 11.9 Å². The van der Waals surface area contributed by atoms with Crippen molar-refractivity contribution in [3.63, 3.8) is 0 Å². The number of para-hydroxylation sites is 1. The molecule has 2 rings (SSSR count). The van der Waals surface area contributed by atoms with Crippen LogP contribution in [0.2, 0.25) is 0 Å². The maximum atomic E-state index is 10.7. The number of hydrogen-bond donors (Lipinski definition) is 2. The minimum absolute atomic E-state index is 0.00312. The highest BCUT2D eigenvalue weighted by Crippen LogP contribution is 2.37. The van der Waals surface area contributed by atoms with Crippen LogP contribution in [0.25, 0.3) is 0 Å². The molecule has 0 amide bonds. The van der Waals surface area contributed by atoms with E-state index < -0.39 is 0 Å². The van der Waals surface area contributed by atoms with E-state index in [1.807, 2.05) is 36.4 Å². The summed E-state index contributed by atoms with van der Waals surface area (Å²) in [5.41, 5.74) is 6.63. The van der Waals surface area contributed by atoms with Crippen LogP contribution in [0.15, 0.2) is 47.6 Å². The lowest BCUT2D eigenvalue weighted by molar-refractivity contribution is 0.444. The second kappa shape index (κ2) is 6.68. The van der Waals surface area contributed by atoms with Gasteiger partial charge in [0.15, 0.2) is 0 Å². The minimum atomic E-state index is -0.138. The highest BCUT2D eigenvalue weighted by Gasteiger charge is 2.24. The summed E-state index contributed by atoms with van der Waals surface area (Å²) in [6.45, 7) is 12.9. The lowest BCUT2D eigenvalue weighted by Crippen LogP contribution is -2.17. The first-order chi connectivity index (χ1) is 11.1. The van der Waals surface area contributed by atoms with Crippen LogP contribution in [0.4, 0.5) is 5.69 Å². The molecule has 0 saturated heterocycles. The molecule has 0 aliphatic heterocycles. The number of aromatic hydroxyl groups is 1. The van der Waals surface area contributed by atoms with Crippen LogP contribution in [-0.2, 0) is 10.8 Å². The Morgan fingerprint density at radius 1 is 0.917 bits per heavy atom. The summed E-state index contributed by atoms with van der Waals surface area (Å²) in [6.07, 6.45) is 1.69. The maximum absolute atomic E-state index is 10.7. The van der Waals surface area contributed by atoms with Gasteiger partial charge in [-0.25, -0.2) is 0 Å². The van der Waals surface area contributed by atoms with E-state index in [1.165, 1.54) is 5.56 Å². The predicted octanol–water partition coefficient (Wildman–Crippen LogP) is 5.43. The lowest BCUT2D eigenvalue weighted by Gasteiger charge is -2.26. The predicted molar refractivity (Wildman–Crippen MR) is 103 cm³/mol. The molecule has 0 spiro atoms. The zero-order chi connectivity index (χ0) is 18.0. The minimum Gasteiger partial charge on any atom is -0.507 e. The largest absolute Gasteiger partial charge is 0.507 e. The molecule has 0 bridgehead atoms. The summed E-state index contributed by atoms with van der Waals surface area (Å²) in [5, 5.41) is 15.0. The van der Waals surface area contributed by atoms with Gasteiger partial charge in [-0.1, -0.05) is 65.8 Å². The highest BCUT2D eigenvalue weighted by molar-refractivity contribution is 5.85. The van der Waals surface area contributed by atoms with Crippen molar-refractivity contribution in [2.75, 3.05) is 5.43 Å². The van der Waals surface area contributed by atoms with Gasteiger partial charge in [0, 0.05) is 11.1 Å². The average molecular weight is 324 g/mol. The van der Waals surface area contributed by atoms with Crippen LogP contribution < -0.4 is 5.43 Å². The van der Waals surface area contributed by atoms with Gasteiger partial charge in [-0.15, -0.1) is 0 Å². The Bertz CT molecular complexity index is 720. The van der Waals surface area contributed by atoms with E-state index in [-0.39, 0.29) is 10.8 Å². The molecule has 0 atom stereocenters. The number of hydrogen-bond acceptors (Lipinski definition) is 3. The summed E-state index contributed by atoms with van der Waals surface area (Å²) in [7, 11) is 0. The third-order valence-corrected chi connectivity index (χ3v) is 3.98. The molecule has 2 aromatic rings. The quantitative estimate of drug-likeness (QED) is 0.584. The standard InChI is InChI=1S/C21H28N2O/c1-20(2,3)16-12-15(19(24)18(13-16)21(4,5)6)14-22-23-17-10-8-7-9-11-17/h7-14,23-24H,1-6H3/b22-14+. The van der Waals surface area contributed by atoms with Crippen molar-refractivity contribution in [1.82, 2.24) is 0 Å². The monoisotopic (exact) mass is 324 g/mol. The molecule has 0 radical (unpaired) electrons. The maximum Gasteiger partial charge on any atom is 0.128 e. The van der Waals surface area contributed by atoms with E-state index in [1.54, 1.807) is 6.21 Å². The van der Waals surface area contributed by atoms with Crippen molar-refractivity contribution < 1.29 is 5.11 Å². The normalized spacial score (nSPS) is 12.6. The summed E-state index contributed by atoms with van der Waals surface area (Å²) >= 11 is 0. The Morgan fingerprint density at radius 2 is 1.54 bits per heavy atom. The van der Waals surface area contributed by atoms with Gasteiger partial charge < -0.3 is 5.11 Å². The number of nitrogens with zero attached hydrogens (tertiary/aromatic N) is 1. The molecule has 24 heavy (non-hydrogen) atoms. The molecule has 2 N–H and O–H groups in total. The molecule has 0 heterocycles. The fraction of sp³-hybridized carbons (Fsp3) is 0.381. The second-order valence-electron chi connectivity index (χ2n) is 8.20.